The highest BCUT2D eigenvalue weighted by atomic mass is 32.2. The molecule has 1 atom stereocenters. The van der Waals surface area contributed by atoms with Crippen LogP contribution in [0.5, 0.6) is 5.75 Å². The summed E-state index contributed by atoms with van der Waals surface area (Å²) in [6, 6.07) is 16.7. The normalized spacial score (nSPS) is 14.1. The van der Waals surface area contributed by atoms with E-state index in [-0.39, 0.29) is 42.3 Å². The number of ether oxygens (including phenoxy) is 1. The van der Waals surface area contributed by atoms with E-state index in [1.54, 1.807) is 55.3 Å². The van der Waals surface area contributed by atoms with Crippen LogP contribution in [0.15, 0.2) is 76.2 Å². The first-order valence-electron chi connectivity index (χ1n) is 12.6. The van der Waals surface area contributed by atoms with Crippen molar-refractivity contribution in [2.45, 2.75) is 62.7 Å². The molecule has 4 rings (SSSR count). The Labute approximate surface area is 223 Å². The minimum Gasteiger partial charge on any atom is -0.497 e. The Morgan fingerprint density at radius 1 is 1.05 bits per heavy atom. The van der Waals surface area contributed by atoms with Crippen molar-refractivity contribution in [1.82, 2.24) is 14.9 Å². The predicted octanol–water partition coefficient (Wildman–Crippen LogP) is 3.40. The minimum atomic E-state index is -3.53. The van der Waals surface area contributed by atoms with Gasteiger partial charge in [0, 0.05) is 19.0 Å². The predicted molar refractivity (Wildman–Crippen MR) is 142 cm³/mol. The van der Waals surface area contributed by atoms with Crippen LogP contribution in [0.1, 0.15) is 43.1 Å². The zero-order valence-corrected chi connectivity index (χ0v) is 22.4. The Morgan fingerprint density at radius 2 is 1.74 bits per heavy atom. The number of hydrogen-bond acceptors (Lipinski definition) is 6. The van der Waals surface area contributed by atoms with Crippen molar-refractivity contribution >= 4 is 21.8 Å². The lowest BCUT2D eigenvalue weighted by Gasteiger charge is -2.29. The number of nitrogens with one attached hydrogen (secondary N) is 2. The number of carbonyl (C=O) groups excluding carboxylic acids is 2. The summed E-state index contributed by atoms with van der Waals surface area (Å²) in [5.74, 6) is 0.847. The highest BCUT2D eigenvalue weighted by molar-refractivity contribution is 7.89. The van der Waals surface area contributed by atoms with Crippen molar-refractivity contribution in [3.8, 4) is 5.75 Å². The van der Waals surface area contributed by atoms with Gasteiger partial charge in [-0.05, 0) is 73.7 Å². The molecule has 0 aliphatic heterocycles. The van der Waals surface area contributed by atoms with Crippen LogP contribution in [0.3, 0.4) is 0 Å². The molecule has 1 aromatic heterocycles. The number of aryl methyl sites for hydroxylation is 1. The van der Waals surface area contributed by atoms with Gasteiger partial charge in [0.05, 0.1) is 24.8 Å². The van der Waals surface area contributed by atoms with Crippen LogP contribution in [-0.2, 0) is 39.1 Å². The van der Waals surface area contributed by atoms with E-state index in [4.69, 9.17) is 9.15 Å². The summed E-state index contributed by atoms with van der Waals surface area (Å²) >= 11 is 0. The highest BCUT2D eigenvalue weighted by Gasteiger charge is 2.28. The van der Waals surface area contributed by atoms with E-state index in [0.717, 1.165) is 24.0 Å². The molecule has 1 fully saturated rings. The summed E-state index contributed by atoms with van der Waals surface area (Å²) in [5.41, 5.74) is 1.70. The van der Waals surface area contributed by atoms with Gasteiger partial charge in [-0.3, -0.25) is 9.59 Å². The van der Waals surface area contributed by atoms with Gasteiger partial charge in [0.25, 0.3) is 0 Å². The quantitative estimate of drug-likeness (QED) is 0.344. The second-order valence-corrected chi connectivity index (χ2v) is 11.1. The van der Waals surface area contributed by atoms with E-state index in [0.29, 0.717) is 17.9 Å². The molecule has 0 bridgehead atoms. The lowest BCUT2D eigenvalue weighted by Crippen LogP contribution is -2.47. The zero-order chi connectivity index (χ0) is 27.1. The van der Waals surface area contributed by atoms with E-state index in [9.17, 15) is 18.0 Å². The highest BCUT2D eigenvalue weighted by Crippen LogP contribution is 2.23. The van der Waals surface area contributed by atoms with E-state index in [2.05, 4.69) is 10.0 Å². The molecule has 0 unspecified atom stereocenters. The fourth-order valence-electron chi connectivity index (χ4n) is 3.96. The number of benzene rings is 2. The first-order chi connectivity index (χ1) is 18.2. The fourth-order valence-corrected chi connectivity index (χ4v) is 5.27. The van der Waals surface area contributed by atoms with E-state index in [1.807, 2.05) is 24.3 Å². The zero-order valence-electron chi connectivity index (χ0n) is 21.6. The second kappa shape index (κ2) is 12.3. The first-order valence-corrected chi connectivity index (χ1v) is 14.1. The molecule has 1 aliphatic carbocycles. The maximum atomic E-state index is 13.4. The molecule has 3 aromatic rings. The van der Waals surface area contributed by atoms with Crippen molar-refractivity contribution in [3.05, 3.63) is 83.8 Å². The van der Waals surface area contributed by atoms with E-state index >= 15 is 0 Å². The molecule has 0 radical (unpaired) electrons. The largest absolute Gasteiger partial charge is 0.497 e. The fraction of sp³-hybridized carbons (Fsp3) is 0.357. The summed E-state index contributed by atoms with van der Waals surface area (Å²) in [6.45, 7) is 2.18. The third-order valence-electron chi connectivity index (χ3n) is 6.46. The van der Waals surface area contributed by atoms with Crippen molar-refractivity contribution in [2.75, 3.05) is 7.11 Å². The van der Waals surface area contributed by atoms with Crippen molar-refractivity contribution in [1.29, 1.82) is 0 Å². The summed E-state index contributed by atoms with van der Waals surface area (Å²) in [7, 11) is -1.94. The van der Waals surface area contributed by atoms with Crippen LogP contribution in [-0.4, -0.2) is 44.3 Å². The molecule has 0 saturated heterocycles. The summed E-state index contributed by atoms with van der Waals surface area (Å²) in [4.78, 5) is 28.1. The third kappa shape index (κ3) is 7.45. The number of furan rings is 1. The Bertz CT molecular complexity index is 1320. The topological polar surface area (TPSA) is 118 Å². The third-order valence-corrected chi connectivity index (χ3v) is 7.99. The van der Waals surface area contributed by atoms with Gasteiger partial charge in [0.2, 0.25) is 21.8 Å². The van der Waals surface area contributed by atoms with Crippen LogP contribution in [0.25, 0.3) is 0 Å². The van der Waals surface area contributed by atoms with Crippen LogP contribution < -0.4 is 14.8 Å². The van der Waals surface area contributed by atoms with Crippen molar-refractivity contribution in [3.63, 3.8) is 0 Å². The molecule has 2 aromatic carbocycles. The molecule has 2 amide bonds. The smallest absolute Gasteiger partial charge is 0.242 e. The lowest BCUT2D eigenvalue weighted by atomic mass is 10.1. The second-order valence-electron chi connectivity index (χ2n) is 9.38. The molecular weight excluding hydrogens is 506 g/mol. The molecule has 10 heteroatoms. The minimum absolute atomic E-state index is 0.0345. The number of methoxy groups -OCH3 is 1. The van der Waals surface area contributed by atoms with Crippen molar-refractivity contribution < 1.29 is 27.2 Å². The van der Waals surface area contributed by atoms with Gasteiger partial charge in [-0.1, -0.05) is 24.3 Å². The molecule has 1 heterocycles. The van der Waals surface area contributed by atoms with Gasteiger partial charge < -0.3 is 19.4 Å². The van der Waals surface area contributed by atoms with Crippen LogP contribution in [0.2, 0.25) is 0 Å². The number of rotatable bonds is 13. The number of sulfonamides is 1. The molecule has 9 nitrogen and oxygen atoms in total. The average Bonchev–Trinajstić information content (AvgIpc) is 3.57. The van der Waals surface area contributed by atoms with Gasteiger partial charge >= 0.3 is 0 Å². The SMILES string of the molecule is COc1ccc(CN(C(=O)CCc2ccc(S(=O)(=O)NC3CC3)cc2)[C@H](C)C(=O)NCc2ccco2)cc1. The van der Waals surface area contributed by atoms with Gasteiger partial charge in [-0.15, -0.1) is 0 Å². The Hall–Kier alpha value is -3.63. The Balaban J connectivity index is 1.41. The molecule has 1 saturated carbocycles. The van der Waals surface area contributed by atoms with Crippen LogP contribution in [0.4, 0.5) is 0 Å². The molecule has 38 heavy (non-hydrogen) atoms. The first kappa shape index (κ1) is 27.4. The van der Waals surface area contributed by atoms with Gasteiger partial charge in [-0.25, -0.2) is 13.1 Å². The molecule has 1 aliphatic rings. The summed E-state index contributed by atoms with van der Waals surface area (Å²) < 4.78 is 38.0. The monoisotopic (exact) mass is 539 g/mol. The summed E-state index contributed by atoms with van der Waals surface area (Å²) in [5, 5.41) is 2.83. The van der Waals surface area contributed by atoms with Crippen LogP contribution in [0, 0.1) is 0 Å². The number of amides is 2. The number of hydrogen-bond donors (Lipinski definition) is 2. The molecular formula is C28H33N3O6S. The average molecular weight is 540 g/mol. The summed E-state index contributed by atoms with van der Waals surface area (Å²) in [6.07, 6.45) is 3.85. The van der Waals surface area contributed by atoms with Gasteiger partial charge in [0.1, 0.15) is 17.6 Å². The lowest BCUT2D eigenvalue weighted by molar-refractivity contribution is -0.140. The van der Waals surface area contributed by atoms with E-state index in [1.165, 1.54) is 6.26 Å². The molecule has 202 valence electrons. The van der Waals surface area contributed by atoms with Gasteiger partial charge in [0.15, 0.2) is 0 Å². The van der Waals surface area contributed by atoms with Gasteiger partial charge in [-0.2, -0.15) is 0 Å². The van der Waals surface area contributed by atoms with E-state index < -0.39 is 16.1 Å². The standard InChI is InChI=1S/C28H33N3O6S/c1-20(28(33)29-18-25-4-3-17-37-25)31(19-22-5-12-24(36-2)13-6-22)27(32)16-9-21-7-14-26(15-8-21)38(34,35)30-23-10-11-23/h3-8,12-15,17,20,23,30H,9-11,16,18-19H2,1-2H3,(H,29,33)/t20-/m1/s1. The maximum Gasteiger partial charge on any atom is 0.242 e. The molecule has 2 N–H and O–H groups in total. The van der Waals surface area contributed by atoms with Crippen molar-refractivity contribution in [2.24, 2.45) is 0 Å². The maximum absolute atomic E-state index is 13.4. The Morgan fingerprint density at radius 3 is 2.34 bits per heavy atom. The molecule has 0 spiro atoms. The number of carbonyl (C=O) groups is 2. The van der Waals surface area contributed by atoms with Crippen LogP contribution >= 0.6 is 0 Å². The number of nitrogens with zero attached hydrogens (tertiary/aromatic N) is 1. The Kier molecular flexibility index (Phi) is 8.85.